The summed E-state index contributed by atoms with van der Waals surface area (Å²) < 4.78 is 26.4. The maximum atomic E-state index is 12.5. The zero-order chi connectivity index (χ0) is 13.2. The van der Waals surface area contributed by atoms with E-state index in [0.29, 0.717) is 19.0 Å². The quantitative estimate of drug-likeness (QED) is 0.882. The zero-order valence-corrected chi connectivity index (χ0v) is 11.4. The Hall–Kier alpha value is -1.14. The van der Waals surface area contributed by atoms with Gasteiger partial charge in [0.2, 0.25) is 0 Å². The van der Waals surface area contributed by atoms with E-state index in [1.807, 2.05) is 0 Å². The van der Waals surface area contributed by atoms with E-state index < -0.39 is 10.0 Å². The van der Waals surface area contributed by atoms with Crippen LogP contribution in [0.3, 0.4) is 0 Å². The summed E-state index contributed by atoms with van der Waals surface area (Å²) in [6.07, 6.45) is 4.33. The van der Waals surface area contributed by atoms with E-state index in [9.17, 15) is 8.42 Å². The molecular formula is C12H19N3O2S. The lowest BCUT2D eigenvalue weighted by Gasteiger charge is -2.20. The van der Waals surface area contributed by atoms with E-state index in [2.05, 4.69) is 11.9 Å². The molecule has 0 aromatic carbocycles. The molecule has 0 amide bonds. The first-order valence-electron chi connectivity index (χ1n) is 6.22. The minimum atomic E-state index is -3.54. The van der Waals surface area contributed by atoms with Gasteiger partial charge < -0.3 is 5.73 Å². The number of hydrogen-bond donors (Lipinski definition) is 1. The van der Waals surface area contributed by atoms with Crippen LogP contribution in [0, 0.1) is 5.92 Å². The number of nitrogens with two attached hydrogens (primary N) is 1. The van der Waals surface area contributed by atoms with Crippen LogP contribution in [0.4, 0.5) is 5.69 Å². The molecule has 0 saturated carbocycles. The molecule has 6 heteroatoms. The van der Waals surface area contributed by atoms with Crippen LogP contribution in [0.5, 0.6) is 0 Å². The van der Waals surface area contributed by atoms with Crippen LogP contribution < -0.4 is 5.73 Å². The smallest absolute Gasteiger partial charge is 0.262 e. The Kier molecular flexibility index (Phi) is 3.87. The first-order valence-corrected chi connectivity index (χ1v) is 7.66. The van der Waals surface area contributed by atoms with Crippen LogP contribution in [0.2, 0.25) is 0 Å². The van der Waals surface area contributed by atoms with E-state index in [0.717, 1.165) is 19.3 Å². The largest absolute Gasteiger partial charge is 0.396 e. The molecule has 0 spiro atoms. The highest BCUT2D eigenvalue weighted by atomic mass is 32.2. The molecule has 2 heterocycles. The van der Waals surface area contributed by atoms with Crippen molar-refractivity contribution in [3.8, 4) is 0 Å². The van der Waals surface area contributed by atoms with Gasteiger partial charge in [-0.1, -0.05) is 6.92 Å². The molecule has 0 radical (unpaired) electrons. The Labute approximate surface area is 108 Å². The lowest BCUT2D eigenvalue weighted by atomic mass is 10.0. The molecule has 1 aliphatic rings. The predicted octanol–water partition coefficient (Wildman–Crippen LogP) is 1.47. The fourth-order valence-corrected chi connectivity index (χ4v) is 3.74. The highest BCUT2D eigenvalue weighted by Crippen LogP contribution is 2.24. The van der Waals surface area contributed by atoms with Crippen LogP contribution in [0.25, 0.3) is 0 Å². The number of sulfonamides is 1. The van der Waals surface area contributed by atoms with Gasteiger partial charge in [-0.05, 0) is 37.3 Å². The van der Waals surface area contributed by atoms with Crippen molar-refractivity contribution in [1.29, 1.82) is 0 Å². The first kappa shape index (κ1) is 13.3. The van der Waals surface area contributed by atoms with Crippen molar-refractivity contribution in [3.05, 3.63) is 18.3 Å². The topological polar surface area (TPSA) is 76.3 Å². The molecule has 100 valence electrons. The summed E-state index contributed by atoms with van der Waals surface area (Å²) in [7, 11) is -3.54. The molecule has 1 fully saturated rings. The Morgan fingerprint density at radius 3 is 2.89 bits per heavy atom. The molecule has 18 heavy (non-hydrogen) atoms. The molecule has 1 aromatic rings. The molecule has 1 saturated heterocycles. The zero-order valence-electron chi connectivity index (χ0n) is 10.5. The second-order valence-corrected chi connectivity index (χ2v) is 6.69. The van der Waals surface area contributed by atoms with Gasteiger partial charge in [0, 0.05) is 19.3 Å². The van der Waals surface area contributed by atoms with Crippen LogP contribution >= 0.6 is 0 Å². The number of hydrogen-bond acceptors (Lipinski definition) is 4. The summed E-state index contributed by atoms with van der Waals surface area (Å²) in [4.78, 5) is 3.92. The van der Waals surface area contributed by atoms with Gasteiger partial charge in [0.1, 0.15) is 0 Å². The van der Waals surface area contributed by atoms with Gasteiger partial charge >= 0.3 is 0 Å². The first-order chi connectivity index (χ1) is 8.51. The van der Waals surface area contributed by atoms with Crippen molar-refractivity contribution in [2.45, 2.75) is 31.2 Å². The lowest BCUT2D eigenvalue weighted by molar-refractivity contribution is 0.415. The van der Waals surface area contributed by atoms with E-state index in [1.54, 1.807) is 12.1 Å². The third kappa shape index (κ3) is 2.64. The second-order valence-electron chi connectivity index (χ2n) is 4.84. The Morgan fingerprint density at radius 1 is 1.39 bits per heavy atom. The summed E-state index contributed by atoms with van der Waals surface area (Å²) in [5.74, 6) is 0.575. The third-order valence-electron chi connectivity index (χ3n) is 3.36. The maximum Gasteiger partial charge on any atom is 0.262 e. The van der Waals surface area contributed by atoms with E-state index in [1.165, 1.54) is 10.5 Å². The summed E-state index contributed by atoms with van der Waals surface area (Å²) in [6, 6.07) is 3.21. The average Bonchev–Trinajstić information content (AvgIpc) is 2.54. The standard InChI is InChI=1S/C12H19N3O2S/c1-10-4-3-8-15(9-6-10)18(16,17)12-11(13)5-2-7-14-12/h2,5,7,10H,3-4,6,8-9,13H2,1H3. The van der Waals surface area contributed by atoms with Crippen molar-refractivity contribution < 1.29 is 8.42 Å². The van der Waals surface area contributed by atoms with E-state index in [4.69, 9.17) is 5.73 Å². The maximum absolute atomic E-state index is 12.5. The van der Waals surface area contributed by atoms with Gasteiger partial charge in [0.05, 0.1) is 5.69 Å². The van der Waals surface area contributed by atoms with Gasteiger partial charge in [-0.15, -0.1) is 0 Å². The molecule has 1 aromatic heterocycles. The Morgan fingerprint density at radius 2 is 2.17 bits per heavy atom. The summed E-state index contributed by atoms with van der Waals surface area (Å²) >= 11 is 0. The number of rotatable bonds is 2. The minimum absolute atomic E-state index is 0.0143. The van der Waals surface area contributed by atoms with Gasteiger partial charge in [-0.25, -0.2) is 13.4 Å². The fraction of sp³-hybridized carbons (Fsp3) is 0.583. The molecule has 0 bridgehead atoms. The number of pyridine rings is 1. The van der Waals surface area contributed by atoms with Crippen molar-refractivity contribution in [2.24, 2.45) is 5.92 Å². The Balaban J connectivity index is 2.28. The van der Waals surface area contributed by atoms with Crippen LogP contribution in [0.1, 0.15) is 26.2 Å². The summed E-state index contributed by atoms with van der Waals surface area (Å²) in [5.41, 5.74) is 5.93. The SMILES string of the molecule is CC1CCCN(S(=O)(=O)c2ncccc2N)CC1. The molecule has 5 nitrogen and oxygen atoms in total. The number of aromatic nitrogens is 1. The number of anilines is 1. The monoisotopic (exact) mass is 269 g/mol. The molecule has 1 atom stereocenters. The minimum Gasteiger partial charge on any atom is -0.396 e. The fourth-order valence-electron chi connectivity index (χ4n) is 2.22. The second kappa shape index (κ2) is 5.24. The van der Waals surface area contributed by atoms with Crippen LogP contribution in [-0.4, -0.2) is 30.8 Å². The van der Waals surface area contributed by atoms with Gasteiger partial charge in [0.15, 0.2) is 5.03 Å². The van der Waals surface area contributed by atoms with E-state index in [-0.39, 0.29) is 10.7 Å². The predicted molar refractivity (Wildman–Crippen MR) is 70.4 cm³/mol. The van der Waals surface area contributed by atoms with Crippen molar-refractivity contribution in [3.63, 3.8) is 0 Å². The van der Waals surface area contributed by atoms with Gasteiger partial charge in [0.25, 0.3) is 10.0 Å². The molecule has 2 rings (SSSR count). The lowest BCUT2D eigenvalue weighted by Crippen LogP contribution is -2.33. The molecule has 0 aliphatic carbocycles. The molecular weight excluding hydrogens is 250 g/mol. The average molecular weight is 269 g/mol. The Bertz CT molecular complexity index is 516. The van der Waals surface area contributed by atoms with Crippen molar-refractivity contribution in [1.82, 2.24) is 9.29 Å². The number of nitrogens with zero attached hydrogens (tertiary/aromatic N) is 2. The van der Waals surface area contributed by atoms with Crippen LogP contribution in [-0.2, 0) is 10.0 Å². The third-order valence-corrected chi connectivity index (χ3v) is 5.24. The van der Waals surface area contributed by atoms with Gasteiger partial charge in [-0.2, -0.15) is 4.31 Å². The normalized spacial score (nSPS) is 22.6. The highest BCUT2D eigenvalue weighted by Gasteiger charge is 2.29. The molecule has 1 aliphatic heterocycles. The highest BCUT2D eigenvalue weighted by molar-refractivity contribution is 7.89. The van der Waals surface area contributed by atoms with Crippen LogP contribution in [0.15, 0.2) is 23.4 Å². The molecule has 2 N–H and O–H groups in total. The van der Waals surface area contributed by atoms with Crippen molar-refractivity contribution in [2.75, 3.05) is 18.8 Å². The van der Waals surface area contributed by atoms with Crippen molar-refractivity contribution >= 4 is 15.7 Å². The van der Waals surface area contributed by atoms with Gasteiger partial charge in [-0.3, -0.25) is 0 Å². The number of nitrogen functional groups attached to an aromatic ring is 1. The van der Waals surface area contributed by atoms with E-state index >= 15 is 0 Å². The molecule has 1 unspecified atom stereocenters. The summed E-state index contributed by atoms with van der Waals surface area (Å²) in [5, 5.41) is -0.0143. The summed E-state index contributed by atoms with van der Waals surface area (Å²) in [6.45, 7) is 3.27.